The molecular weight excluding hydrogens is 398 g/mol. The van der Waals surface area contributed by atoms with Crippen LogP contribution in [0, 0.1) is 5.92 Å². The van der Waals surface area contributed by atoms with Crippen LogP contribution in [0.3, 0.4) is 0 Å². The Bertz CT molecular complexity index is 670. The van der Waals surface area contributed by atoms with Crippen LogP contribution in [0.4, 0.5) is 0 Å². The van der Waals surface area contributed by atoms with Crippen molar-refractivity contribution in [2.24, 2.45) is 5.92 Å². The highest BCUT2D eigenvalue weighted by Gasteiger charge is 2.28. The molecular formula is C19H29N3O4S2. The highest BCUT2D eigenvalue weighted by atomic mass is 32.2. The molecule has 0 spiro atoms. The van der Waals surface area contributed by atoms with Crippen molar-refractivity contribution < 1.29 is 19.1 Å². The van der Waals surface area contributed by atoms with Crippen LogP contribution in [0.15, 0.2) is 23.4 Å². The molecule has 7 nitrogen and oxygen atoms in total. The lowest BCUT2D eigenvalue weighted by Gasteiger charge is -2.23. The standard InChI is InChI=1S/C19H29N3O4S2/c1-12(2)11-15(17(24)21-14(8-10-27-4)19(25)26-3)22-16(23)13-7-6-9-20-18(13)28-5/h6-7,9,12,14-15H,8,10-11H2,1-5H3,(H,21,24)(H,22,23)/t14-,15-/m1/s1. The van der Waals surface area contributed by atoms with Gasteiger partial charge in [-0.1, -0.05) is 13.8 Å². The van der Waals surface area contributed by atoms with E-state index in [1.165, 1.54) is 18.9 Å². The highest BCUT2D eigenvalue weighted by Crippen LogP contribution is 2.17. The molecule has 0 unspecified atom stereocenters. The number of esters is 1. The molecule has 2 N–H and O–H groups in total. The van der Waals surface area contributed by atoms with Gasteiger partial charge in [0.05, 0.1) is 12.7 Å². The summed E-state index contributed by atoms with van der Waals surface area (Å²) < 4.78 is 4.79. The highest BCUT2D eigenvalue weighted by molar-refractivity contribution is 7.98. The second kappa shape index (κ2) is 12.7. The maximum atomic E-state index is 12.8. The number of carbonyl (C=O) groups is 3. The van der Waals surface area contributed by atoms with Crippen LogP contribution >= 0.6 is 23.5 Å². The van der Waals surface area contributed by atoms with Crippen LogP contribution in [0.2, 0.25) is 0 Å². The van der Waals surface area contributed by atoms with Crippen molar-refractivity contribution in [1.82, 2.24) is 15.6 Å². The molecule has 1 aromatic heterocycles. The minimum atomic E-state index is -0.760. The molecule has 0 aromatic carbocycles. The normalized spacial score (nSPS) is 12.9. The Morgan fingerprint density at radius 3 is 2.46 bits per heavy atom. The number of carbonyl (C=O) groups excluding carboxylic acids is 3. The molecule has 0 saturated carbocycles. The number of hydrogen-bond donors (Lipinski definition) is 2. The molecule has 156 valence electrons. The number of amides is 2. The van der Waals surface area contributed by atoms with Crippen LogP contribution in [-0.2, 0) is 14.3 Å². The molecule has 1 aromatic rings. The molecule has 0 saturated heterocycles. The van der Waals surface area contributed by atoms with Crippen molar-refractivity contribution in [2.45, 2.75) is 43.8 Å². The second-order valence-corrected chi connectivity index (χ2v) is 8.36. The lowest BCUT2D eigenvalue weighted by Crippen LogP contribution is -2.52. The van der Waals surface area contributed by atoms with E-state index in [4.69, 9.17) is 4.74 Å². The van der Waals surface area contributed by atoms with Crippen molar-refractivity contribution >= 4 is 41.3 Å². The van der Waals surface area contributed by atoms with Gasteiger partial charge in [-0.25, -0.2) is 9.78 Å². The van der Waals surface area contributed by atoms with Gasteiger partial charge in [0, 0.05) is 6.20 Å². The summed E-state index contributed by atoms with van der Waals surface area (Å²) in [7, 11) is 1.29. The van der Waals surface area contributed by atoms with Crippen molar-refractivity contribution in [3.63, 3.8) is 0 Å². The Labute approximate surface area is 175 Å². The van der Waals surface area contributed by atoms with Crippen LogP contribution in [0.25, 0.3) is 0 Å². The molecule has 1 heterocycles. The van der Waals surface area contributed by atoms with Crippen molar-refractivity contribution in [1.29, 1.82) is 0 Å². The monoisotopic (exact) mass is 427 g/mol. The zero-order chi connectivity index (χ0) is 21.1. The van der Waals surface area contributed by atoms with E-state index in [1.807, 2.05) is 26.4 Å². The fraction of sp³-hybridized carbons (Fsp3) is 0.579. The average molecular weight is 428 g/mol. The number of thioether (sulfide) groups is 2. The van der Waals surface area contributed by atoms with E-state index < -0.39 is 24.0 Å². The van der Waals surface area contributed by atoms with Gasteiger partial charge >= 0.3 is 5.97 Å². The number of pyridine rings is 1. The van der Waals surface area contributed by atoms with Gasteiger partial charge in [0.2, 0.25) is 5.91 Å². The topological polar surface area (TPSA) is 97.4 Å². The lowest BCUT2D eigenvalue weighted by atomic mass is 10.0. The first-order chi connectivity index (χ1) is 13.3. The number of aromatic nitrogens is 1. The number of hydrogen-bond acceptors (Lipinski definition) is 7. The molecule has 0 aliphatic rings. The Morgan fingerprint density at radius 2 is 1.89 bits per heavy atom. The predicted molar refractivity (Wildman–Crippen MR) is 114 cm³/mol. The molecule has 2 atom stereocenters. The summed E-state index contributed by atoms with van der Waals surface area (Å²) in [6.45, 7) is 3.94. The first-order valence-electron chi connectivity index (χ1n) is 9.01. The van der Waals surface area contributed by atoms with E-state index in [1.54, 1.807) is 30.1 Å². The first kappa shape index (κ1) is 24.3. The lowest BCUT2D eigenvalue weighted by molar-refractivity contribution is -0.145. The van der Waals surface area contributed by atoms with Crippen LogP contribution < -0.4 is 10.6 Å². The molecule has 0 fully saturated rings. The maximum absolute atomic E-state index is 12.8. The van der Waals surface area contributed by atoms with E-state index in [9.17, 15) is 14.4 Å². The average Bonchev–Trinajstić information content (AvgIpc) is 2.69. The van der Waals surface area contributed by atoms with E-state index >= 15 is 0 Å². The fourth-order valence-electron chi connectivity index (χ4n) is 2.56. The van der Waals surface area contributed by atoms with E-state index in [0.717, 1.165) is 0 Å². The minimum absolute atomic E-state index is 0.174. The first-order valence-corrected chi connectivity index (χ1v) is 11.6. The van der Waals surface area contributed by atoms with E-state index in [0.29, 0.717) is 29.2 Å². The number of ether oxygens (including phenoxy) is 1. The number of methoxy groups -OCH3 is 1. The summed E-state index contributed by atoms with van der Waals surface area (Å²) in [6, 6.07) is 1.86. The molecule has 0 aliphatic heterocycles. The molecule has 1 rings (SSSR count). The van der Waals surface area contributed by atoms with Crippen molar-refractivity contribution in [3.05, 3.63) is 23.9 Å². The summed E-state index contributed by atoms with van der Waals surface area (Å²) in [5.74, 6) is -0.375. The van der Waals surface area contributed by atoms with Gasteiger partial charge in [-0.15, -0.1) is 11.8 Å². The van der Waals surface area contributed by atoms with Crippen LogP contribution in [0.5, 0.6) is 0 Å². The Morgan fingerprint density at radius 1 is 1.18 bits per heavy atom. The molecule has 9 heteroatoms. The third-order valence-electron chi connectivity index (χ3n) is 3.95. The molecule has 2 amide bonds. The van der Waals surface area contributed by atoms with Gasteiger partial charge in [-0.3, -0.25) is 9.59 Å². The fourth-order valence-corrected chi connectivity index (χ4v) is 3.58. The van der Waals surface area contributed by atoms with Gasteiger partial charge in [-0.05, 0) is 49.2 Å². The Kier molecular flexibility index (Phi) is 11.0. The SMILES string of the molecule is COC(=O)[C@@H](CCSC)NC(=O)[C@@H](CC(C)C)NC(=O)c1cccnc1SC. The largest absolute Gasteiger partial charge is 0.467 e. The van der Waals surface area contributed by atoms with Crippen LogP contribution in [0.1, 0.15) is 37.0 Å². The smallest absolute Gasteiger partial charge is 0.328 e. The predicted octanol–water partition coefficient (Wildman–Crippen LogP) is 2.36. The zero-order valence-electron chi connectivity index (χ0n) is 17.0. The number of rotatable bonds is 11. The molecule has 0 radical (unpaired) electrons. The zero-order valence-corrected chi connectivity index (χ0v) is 18.6. The quantitative estimate of drug-likeness (QED) is 0.413. The van der Waals surface area contributed by atoms with Gasteiger partial charge in [0.25, 0.3) is 5.91 Å². The third-order valence-corrected chi connectivity index (χ3v) is 5.31. The van der Waals surface area contributed by atoms with Gasteiger partial charge < -0.3 is 15.4 Å². The summed E-state index contributed by atoms with van der Waals surface area (Å²) in [5.41, 5.74) is 0.420. The van der Waals surface area contributed by atoms with Crippen molar-refractivity contribution in [2.75, 3.05) is 25.4 Å². The molecule has 28 heavy (non-hydrogen) atoms. The van der Waals surface area contributed by atoms with E-state index in [2.05, 4.69) is 15.6 Å². The molecule has 0 bridgehead atoms. The Hall–Kier alpha value is -1.74. The number of nitrogens with one attached hydrogen (secondary N) is 2. The van der Waals surface area contributed by atoms with Crippen LogP contribution in [-0.4, -0.2) is 60.2 Å². The summed E-state index contributed by atoms with van der Waals surface area (Å²) >= 11 is 2.94. The second-order valence-electron chi connectivity index (χ2n) is 6.58. The molecule has 0 aliphatic carbocycles. The maximum Gasteiger partial charge on any atom is 0.328 e. The van der Waals surface area contributed by atoms with E-state index in [-0.39, 0.29) is 11.8 Å². The van der Waals surface area contributed by atoms with Gasteiger partial charge in [0.1, 0.15) is 17.1 Å². The van der Waals surface area contributed by atoms with Gasteiger partial charge in [0.15, 0.2) is 0 Å². The summed E-state index contributed by atoms with van der Waals surface area (Å²) in [6.07, 6.45) is 6.29. The Balaban J connectivity index is 2.94. The summed E-state index contributed by atoms with van der Waals surface area (Å²) in [4.78, 5) is 41.7. The van der Waals surface area contributed by atoms with Crippen molar-refractivity contribution in [3.8, 4) is 0 Å². The third kappa shape index (κ3) is 7.71. The summed E-state index contributed by atoms with van der Waals surface area (Å²) in [5, 5.41) is 6.12. The number of nitrogens with zero attached hydrogens (tertiary/aromatic N) is 1. The minimum Gasteiger partial charge on any atom is -0.467 e. The van der Waals surface area contributed by atoms with Gasteiger partial charge in [-0.2, -0.15) is 11.8 Å².